The van der Waals surface area contributed by atoms with E-state index in [2.05, 4.69) is 22.6 Å². The predicted octanol–water partition coefficient (Wildman–Crippen LogP) is 2.50. The smallest absolute Gasteiger partial charge is 0.0801 e. The molecule has 1 atom stereocenters. The van der Waals surface area contributed by atoms with Gasteiger partial charge in [-0.2, -0.15) is 0 Å². The molecule has 0 radical (unpaired) electrons. The van der Waals surface area contributed by atoms with Crippen molar-refractivity contribution in [3.05, 3.63) is 29.8 Å². The van der Waals surface area contributed by atoms with E-state index in [-0.39, 0.29) is 0 Å². The Balaban J connectivity index is 2.96. The monoisotopic (exact) mass is 280 g/mol. The molecule has 1 rings (SSSR count). The Morgan fingerprint density at radius 3 is 2.82 bits per heavy atom. The Morgan fingerprint density at radius 2 is 2.27 bits per heavy atom. The standard InChI is InChI=1S/C8H9IOS/c1-7-3-2-4-8(5-7)11(10)6-9/h2-5H,6H2,1H3. The molecule has 3 heteroatoms. The maximum absolute atomic E-state index is 11.3. The molecular weight excluding hydrogens is 271 g/mol. The van der Waals surface area contributed by atoms with Crippen LogP contribution in [0.1, 0.15) is 5.56 Å². The van der Waals surface area contributed by atoms with Gasteiger partial charge in [0.15, 0.2) is 0 Å². The summed E-state index contributed by atoms with van der Waals surface area (Å²) in [4.78, 5) is 0.930. The fourth-order valence-corrected chi connectivity index (χ4v) is 2.57. The van der Waals surface area contributed by atoms with Crippen LogP contribution in [0.2, 0.25) is 0 Å². The molecule has 0 aliphatic heterocycles. The lowest BCUT2D eigenvalue weighted by atomic mass is 10.2. The molecule has 0 fully saturated rings. The molecule has 1 aromatic carbocycles. The summed E-state index contributed by atoms with van der Waals surface area (Å²) in [7, 11) is -0.814. The molecule has 11 heavy (non-hydrogen) atoms. The van der Waals surface area contributed by atoms with Gasteiger partial charge in [-0.05, 0) is 24.6 Å². The van der Waals surface area contributed by atoms with Gasteiger partial charge in [0.2, 0.25) is 0 Å². The minimum atomic E-state index is -0.814. The molecule has 0 saturated carbocycles. The second-order valence-corrected chi connectivity index (χ2v) is 5.52. The van der Waals surface area contributed by atoms with Crippen molar-refractivity contribution in [1.82, 2.24) is 0 Å². The lowest BCUT2D eigenvalue weighted by molar-refractivity contribution is 0.686. The highest BCUT2D eigenvalue weighted by Crippen LogP contribution is 2.10. The fourth-order valence-electron chi connectivity index (χ4n) is 0.820. The van der Waals surface area contributed by atoms with Gasteiger partial charge in [0.1, 0.15) is 0 Å². The lowest BCUT2D eigenvalue weighted by Gasteiger charge is -1.98. The average Bonchev–Trinajstić information content (AvgIpc) is 2.03. The van der Waals surface area contributed by atoms with Crippen molar-refractivity contribution in [2.45, 2.75) is 11.8 Å². The SMILES string of the molecule is Cc1cccc(S(=O)CI)c1. The van der Waals surface area contributed by atoms with Gasteiger partial charge in [0, 0.05) is 4.90 Å². The maximum Gasteiger partial charge on any atom is 0.0801 e. The van der Waals surface area contributed by atoms with Crippen molar-refractivity contribution in [1.29, 1.82) is 0 Å². The first kappa shape index (κ1) is 9.19. The zero-order chi connectivity index (χ0) is 8.27. The maximum atomic E-state index is 11.3. The van der Waals surface area contributed by atoms with E-state index in [9.17, 15) is 4.21 Å². The number of alkyl halides is 1. The first-order valence-corrected chi connectivity index (χ1v) is 6.09. The van der Waals surface area contributed by atoms with Crippen molar-refractivity contribution in [3.63, 3.8) is 0 Å². The Labute approximate surface area is 82.8 Å². The normalized spacial score (nSPS) is 12.9. The van der Waals surface area contributed by atoms with Crippen LogP contribution in [0.15, 0.2) is 29.2 Å². The van der Waals surface area contributed by atoms with Gasteiger partial charge in [-0.25, -0.2) is 0 Å². The Morgan fingerprint density at radius 1 is 1.55 bits per heavy atom. The Hall–Kier alpha value is 0.100. The van der Waals surface area contributed by atoms with Crippen molar-refractivity contribution in [2.75, 3.05) is 3.76 Å². The van der Waals surface area contributed by atoms with E-state index in [1.807, 2.05) is 31.2 Å². The highest BCUT2D eigenvalue weighted by Gasteiger charge is 1.99. The molecule has 0 N–H and O–H groups in total. The fraction of sp³-hybridized carbons (Fsp3) is 0.250. The van der Waals surface area contributed by atoms with Crippen LogP contribution in [-0.2, 0) is 10.8 Å². The average molecular weight is 280 g/mol. The van der Waals surface area contributed by atoms with E-state index in [1.54, 1.807) is 0 Å². The third-order valence-electron chi connectivity index (χ3n) is 1.35. The number of halogens is 1. The van der Waals surface area contributed by atoms with Gasteiger partial charge in [-0.15, -0.1) is 0 Å². The van der Waals surface area contributed by atoms with E-state index < -0.39 is 10.8 Å². The second-order valence-electron chi connectivity index (χ2n) is 2.27. The summed E-state index contributed by atoms with van der Waals surface area (Å²) in [6, 6.07) is 7.82. The van der Waals surface area contributed by atoms with Crippen LogP contribution in [0.25, 0.3) is 0 Å². The number of rotatable bonds is 2. The molecule has 0 bridgehead atoms. The van der Waals surface area contributed by atoms with Gasteiger partial charge in [-0.3, -0.25) is 4.21 Å². The van der Waals surface area contributed by atoms with Gasteiger partial charge in [-0.1, -0.05) is 34.7 Å². The Bertz CT molecular complexity index is 273. The van der Waals surface area contributed by atoms with Crippen LogP contribution in [0, 0.1) is 6.92 Å². The molecule has 0 aliphatic carbocycles. The number of aryl methyl sites for hydroxylation is 1. The first-order chi connectivity index (χ1) is 5.24. The molecule has 1 aromatic rings. The predicted molar refractivity (Wildman–Crippen MR) is 56.5 cm³/mol. The van der Waals surface area contributed by atoms with Crippen molar-refractivity contribution in [3.8, 4) is 0 Å². The van der Waals surface area contributed by atoms with E-state index >= 15 is 0 Å². The minimum Gasteiger partial charge on any atom is -0.254 e. The second kappa shape index (κ2) is 4.21. The molecule has 60 valence electrons. The van der Waals surface area contributed by atoms with Crippen molar-refractivity contribution >= 4 is 33.4 Å². The summed E-state index contributed by atoms with van der Waals surface area (Å²) in [5.74, 6) is 0. The van der Waals surface area contributed by atoms with Crippen LogP contribution in [-0.4, -0.2) is 7.97 Å². The van der Waals surface area contributed by atoms with Gasteiger partial charge >= 0.3 is 0 Å². The molecule has 0 amide bonds. The van der Waals surface area contributed by atoms with E-state index in [1.165, 1.54) is 5.56 Å². The van der Waals surface area contributed by atoms with Crippen LogP contribution in [0.5, 0.6) is 0 Å². The van der Waals surface area contributed by atoms with Crippen molar-refractivity contribution in [2.24, 2.45) is 0 Å². The van der Waals surface area contributed by atoms with Crippen LogP contribution >= 0.6 is 22.6 Å². The highest BCUT2D eigenvalue weighted by atomic mass is 127. The molecule has 0 heterocycles. The molecule has 1 unspecified atom stereocenters. The highest BCUT2D eigenvalue weighted by molar-refractivity contribution is 14.1. The molecule has 0 saturated heterocycles. The van der Waals surface area contributed by atoms with Crippen molar-refractivity contribution < 1.29 is 4.21 Å². The van der Waals surface area contributed by atoms with Crippen LogP contribution < -0.4 is 0 Å². The third-order valence-corrected chi connectivity index (χ3v) is 4.03. The molecule has 0 aromatic heterocycles. The van der Waals surface area contributed by atoms with E-state index in [0.29, 0.717) is 3.76 Å². The summed E-state index contributed by atoms with van der Waals surface area (Å²) >= 11 is 2.13. The van der Waals surface area contributed by atoms with Crippen LogP contribution in [0.3, 0.4) is 0 Å². The molecule has 1 nitrogen and oxygen atoms in total. The summed E-state index contributed by atoms with van der Waals surface area (Å²) in [5.41, 5.74) is 1.17. The summed E-state index contributed by atoms with van der Waals surface area (Å²) in [5, 5.41) is 0. The molecule has 0 spiro atoms. The molecule has 0 aliphatic rings. The summed E-state index contributed by atoms with van der Waals surface area (Å²) in [6.45, 7) is 2.01. The van der Waals surface area contributed by atoms with E-state index in [4.69, 9.17) is 0 Å². The summed E-state index contributed by atoms with van der Waals surface area (Å²) < 4.78 is 11.9. The minimum absolute atomic E-state index is 0.668. The van der Waals surface area contributed by atoms with Gasteiger partial charge < -0.3 is 0 Å². The zero-order valence-electron chi connectivity index (χ0n) is 6.21. The van der Waals surface area contributed by atoms with Gasteiger partial charge in [0.05, 0.1) is 14.6 Å². The number of hydrogen-bond acceptors (Lipinski definition) is 1. The topological polar surface area (TPSA) is 17.1 Å². The lowest BCUT2D eigenvalue weighted by Crippen LogP contribution is -1.91. The molecular formula is C8H9IOS. The van der Waals surface area contributed by atoms with Crippen LogP contribution in [0.4, 0.5) is 0 Å². The van der Waals surface area contributed by atoms with E-state index in [0.717, 1.165) is 4.90 Å². The Kier molecular flexibility index (Phi) is 3.51. The largest absolute Gasteiger partial charge is 0.254 e. The first-order valence-electron chi connectivity index (χ1n) is 3.25. The summed E-state index contributed by atoms with van der Waals surface area (Å²) in [6.07, 6.45) is 0. The quantitative estimate of drug-likeness (QED) is 0.601. The number of hydrogen-bond donors (Lipinski definition) is 0. The number of benzene rings is 1. The van der Waals surface area contributed by atoms with Gasteiger partial charge in [0.25, 0.3) is 0 Å². The third kappa shape index (κ3) is 2.56. The zero-order valence-corrected chi connectivity index (χ0v) is 9.18.